The molecule has 1 aliphatic carbocycles. The Hall–Kier alpha value is -1.79. The molecule has 0 bridgehead atoms. The van der Waals surface area contributed by atoms with Crippen LogP contribution in [0.5, 0.6) is 0 Å². The molecule has 2 aliphatic rings. The van der Waals surface area contributed by atoms with Crippen LogP contribution in [0.4, 0.5) is 0 Å². The number of rotatable bonds is 4. The molecule has 0 aromatic rings. The first kappa shape index (κ1) is 18.5. The second kappa shape index (κ2) is 8.89. The van der Waals surface area contributed by atoms with Crippen LogP contribution in [0, 0.1) is 0 Å². The van der Waals surface area contributed by atoms with E-state index < -0.39 is 0 Å². The molecule has 24 heavy (non-hydrogen) atoms. The first-order valence-corrected chi connectivity index (χ1v) is 9.05. The van der Waals surface area contributed by atoms with Gasteiger partial charge in [0.15, 0.2) is 5.96 Å². The topological polar surface area (TPSA) is 68.2 Å². The van der Waals surface area contributed by atoms with Crippen molar-refractivity contribution in [1.29, 1.82) is 0 Å². The van der Waals surface area contributed by atoms with Crippen molar-refractivity contribution in [2.45, 2.75) is 45.1 Å². The molecular weight excluding hydrogens is 306 g/mol. The molecule has 0 radical (unpaired) electrons. The summed E-state index contributed by atoms with van der Waals surface area (Å²) in [6.07, 6.45) is 6.00. The third kappa shape index (κ3) is 5.11. The number of guanidine groups is 1. The predicted molar refractivity (Wildman–Crippen MR) is 94.8 cm³/mol. The summed E-state index contributed by atoms with van der Waals surface area (Å²) in [7, 11) is 3.46. The third-order valence-corrected chi connectivity index (χ3v) is 4.80. The summed E-state index contributed by atoms with van der Waals surface area (Å²) < 4.78 is 0. The number of nitrogens with zero attached hydrogens (tertiary/aromatic N) is 4. The molecular formula is C17H31N5O2. The maximum Gasteiger partial charge on any atom is 0.243 e. The zero-order chi connectivity index (χ0) is 17.5. The number of aliphatic imine (C=N–C) groups is 1. The van der Waals surface area contributed by atoms with Crippen molar-refractivity contribution in [3.05, 3.63) is 0 Å². The molecule has 7 heteroatoms. The maximum absolute atomic E-state index is 12.2. The summed E-state index contributed by atoms with van der Waals surface area (Å²) in [6.45, 7) is 4.66. The lowest BCUT2D eigenvalue weighted by Crippen LogP contribution is -2.56. The number of amides is 2. The minimum absolute atomic E-state index is 0.0311. The van der Waals surface area contributed by atoms with Crippen molar-refractivity contribution in [2.24, 2.45) is 4.99 Å². The standard InChI is InChI=1S/C17H31N5O2/c1-4-21-10-11-22(13-16(21)24)17(18-12-15(23)20(2)3)19-14-8-6-5-7-9-14/h14H,4-13H2,1-3H3,(H,18,19). The van der Waals surface area contributed by atoms with Crippen molar-refractivity contribution in [3.63, 3.8) is 0 Å². The molecule has 0 spiro atoms. The molecule has 7 nitrogen and oxygen atoms in total. The average molecular weight is 337 g/mol. The van der Waals surface area contributed by atoms with Gasteiger partial charge in [-0.05, 0) is 19.8 Å². The number of hydrogen-bond acceptors (Lipinski definition) is 3. The van der Waals surface area contributed by atoms with Gasteiger partial charge in [-0.25, -0.2) is 4.99 Å². The Bertz CT molecular complexity index is 472. The van der Waals surface area contributed by atoms with E-state index in [0.29, 0.717) is 25.1 Å². The van der Waals surface area contributed by atoms with Crippen LogP contribution in [-0.2, 0) is 9.59 Å². The molecule has 1 heterocycles. The Balaban J connectivity index is 2.05. The normalized spacial score (nSPS) is 20.3. The Morgan fingerprint density at radius 2 is 1.96 bits per heavy atom. The lowest BCUT2D eigenvalue weighted by molar-refractivity contribution is -0.134. The van der Waals surface area contributed by atoms with E-state index in [9.17, 15) is 9.59 Å². The van der Waals surface area contributed by atoms with Gasteiger partial charge in [0, 0.05) is 39.8 Å². The zero-order valence-corrected chi connectivity index (χ0v) is 15.3. The minimum atomic E-state index is -0.0311. The van der Waals surface area contributed by atoms with Crippen LogP contribution in [0.25, 0.3) is 0 Å². The van der Waals surface area contributed by atoms with Crippen LogP contribution in [0.2, 0.25) is 0 Å². The predicted octanol–water partition coefficient (Wildman–Crippen LogP) is 0.517. The highest BCUT2D eigenvalue weighted by atomic mass is 16.2. The fourth-order valence-electron chi connectivity index (χ4n) is 3.17. The Kier molecular flexibility index (Phi) is 6.87. The van der Waals surface area contributed by atoms with E-state index in [0.717, 1.165) is 25.9 Å². The Morgan fingerprint density at radius 1 is 1.25 bits per heavy atom. The molecule has 0 unspecified atom stereocenters. The van der Waals surface area contributed by atoms with E-state index in [-0.39, 0.29) is 18.4 Å². The fourth-order valence-corrected chi connectivity index (χ4v) is 3.17. The summed E-state index contributed by atoms with van der Waals surface area (Å²) in [5, 5.41) is 3.51. The highest BCUT2D eigenvalue weighted by Crippen LogP contribution is 2.18. The van der Waals surface area contributed by atoms with Gasteiger partial charge in [-0.3, -0.25) is 9.59 Å². The molecule has 136 valence electrons. The smallest absolute Gasteiger partial charge is 0.243 e. The second-order valence-corrected chi connectivity index (χ2v) is 6.80. The molecule has 1 N–H and O–H groups in total. The van der Waals surface area contributed by atoms with Crippen LogP contribution in [0.1, 0.15) is 39.0 Å². The quantitative estimate of drug-likeness (QED) is 0.600. The summed E-state index contributed by atoms with van der Waals surface area (Å²) in [4.78, 5) is 34.0. The van der Waals surface area contributed by atoms with Crippen molar-refractivity contribution >= 4 is 17.8 Å². The van der Waals surface area contributed by atoms with Gasteiger partial charge in [-0.2, -0.15) is 0 Å². The van der Waals surface area contributed by atoms with Crippen molar-refractivity contribution in [3.8, 4) is 0 Å². The van der Waals surface area contributed by atoms with Crippen LogP contribution >= 0.6 is 0 Å². The van der Waals surface area contributed by atoms with Crippen LogP contribution in [0.15, 0.2) is 4.99 Å². The number of likely N-dealkylation sites (N-methyl/N-ethyl adjacent to an activating group) is 2. The molecule has 2 rings (SSSR count). The third-order valence-electron chi connectivity index (χ3n) is 4.80. The monoisotopic (exact) mass is 337 g/mol. The van der Waals surface area contributed by atoms with E-state index in [1.807, 2.05) is 16.7 Å². The first-order chi connectivity index (χ1) is 11.5. The van der Waals surface area contributed by atoms with Crippen LogP contribution in [0.3, 0.4) is 0 Å². The van der Waals surface area contributed by atoms with Gasteiger partial charge in [-0.15, -0.1) is 0 Å². The van der Waals surface area contributed by atoms with E-state index >= 15 is 0 Å². The van der Waals surface area contributed by atoms with Gasteiger partial charge in [0.25, 0.3) is 0 Å². The largest absolute Gasteiger partial charge is 0.353 e. The lowest BCUT2D eigenvalue weighted by Gasteiger charge is -2.37. The number of carbonyl (C=O) groups is 2. The van der Waals surface area contributed by atoms with Crippen LogP contribution < -0.4 is 5.32 Å². The SMILES string of the molecule is CCN1CCN(C(=NCC(=O)N(C)C)NC2CCCCC2)CC1=O. The van der Waals surface area contributed by atoms with E-state index in [2.05, 4.69) is 10.3 Å². The molecule has 1 aliphatic heterocycles. The summed E-state index contributed by atoms with van der Waals surface area (Å²) in [6, 6.07) is 0.395. The average Bonchev–Trinajstić information content (AvgIpc) is 2.59. The molecule has 1 saturated carbocycles. The summed E-state index contributed by atoms with van der Waals surface area (Å²) in [5.41, 5.74) is 0. The van der Waals surface area contributed by atoms with Crippen molar-refractivity contribution in [2.75, 3.05) is 46.8 Å². The highest BCUT2D eigenvalue weighted by Gasteiger charge is 2.26. The zero-order valence-electron chi connectivity index (χ0n) is 15.3. The number of hydrogen-bond donors (Lipinski definition) is 1. The fraction of sp³-hybridized carbons (Fsp3) is 0.824. The van der Waals surface area contributed by atoms with Crippen molar-refractivity contribution in [1.82, 2.24) is 20.0 Å². The van der Waals surface area contributed by atoms with Gasteiger partial charge in [-0.1, -0.05) is 19.3 Å². The van der Waals surface area contributed by atoms with E-state index in [1.54, 1.807) is 19.0 Å². The van der Waals surface area contributed by atoms with Crippen molar-refractivity contribution < 1.29 is 9.59 Å². The van der Waals surface area contributed by atoms with Gasteiger partial charge in [0.05, 0.1) is 6.54 Å². The van der Waals surface area contributed by atoms with Gasteiger partial charge in [0.2, 0.25) is 11.8 Å². The van der Waals surface area contributed by atoms with E-state index in [1.165, 1.54) is 19.3 Å². The summed E-state index contributed by atoms with van der Waals surface area (Å²) >= 11 is 0. The minimum Gasteiger partial charge on any atom is -0.353 e. The highest BCUT2D eigenvalue weighted by molar-refractivity contribution is 5.89. The molecule has 2 amide bonds. The first-order valence-electron chi connectivity index (χ1n) is 9.05. The number of nitrogens with one attached hydrogen (secondary N) is 1. The van der Waals surface area contributed by atoms with E-state index in [4.69, 9.17) is 0 Å². The second-order valence-electron chi connectivity index (χ2n) is 6.80. The molecule has 1 saturated heterocycles. The van der Waals surface area contributed by atoms with Crippen LogP contribution in [-0.4, -0.2) is 85.3 Å². The van der Waals surface area contributed by atoms with Gasteiger partial charge in [0.1, 0.15) is 6.54 Å². The number of piperazine rings is 1. The molecule has 0 aromatic heterocycles. The Labute approximate surface area is 145 Å². The summed E-state index contributed by atoms with van der Waals surface area (Å²) in [5.74, 6) is 0.804. The maximum atomic E-state index is 12.2. The Morgan fingerprint density at radius 3 is 2.54 bits per heavy atom. The molecule has 2 fully saturated rings. The lowest BCUT2D eigenvalue weighted by atomic mass is 9.96. The van der Waals surface area contributed by atoms with Gasteiger partial charge >= 0.3 is 0 Å². The molecule has 0 atom stereocenters. The number of carbonyl (C=O) groups excluding carboxylic acids is 2. The molecule has 0 aromatic carbocycles. The van der Waals surface area contributed by atoms with Gasteiger partial charge < -0.3 is 20.0 Å².